The Morgan fingerprint density at radius 3 is 2.64 bits per heavy atom. The van der Waals surface area contributed by atoms with E-state index >= 15 is 0 Å². The summed E-state index contributed by atoms with van der Waals surface area (Å²) in [6.45, 7) is 7.37. The van der Waals surface area contributed by atoms with Gasteiger partial charge in [0.25, 0.3) is 0 Å². The number of rotatable bonds is 7. The number of aromatic nitrogens is 1. The molecule has 1 amide bonds. The van der Waals surface area contributed by atoms with Crippen molar-refractivity contribution in [2.75, 3.05) is 6.61 Å². The summed E-state index contributed by atoms with van der Waals surface area (Å²) in [7, 11) is 0. The fraction of sp³-hybridized carbons (Fsp3) is 0.412. The molecule has 118 valence electrons. The minimum absolute atomic E-state index is 0.00139. The van der Waals surface area contributed by atoms with Crippen molar-refractivity contribution in [2.24, 2.45) is 5.92 Å². The first kappa shape index (κ1) is 16.5. The van der Waals surface area contributed by atoms with Crippen molar-refractivity contribution in [3.63, 3.8) is 0 Å². The number of nitrogens with one attached hydrogen (secondary N) is 1. The molecule has 0 bridgehead atoms. The molecule has 0 saturated carbocycles. The number of aryl methyl sites for hydroxylation is 1. The van der Waals surface area contributed by atoms with Crippen molar-refractivity contribution in [1.29, 1.82) is 0 Å². The molecule has 0 spiro atoms. The molecule has 0 radical (unpaired) electrons. The number of carbonyl (C=O) groups is 1. The minimum Gasteiger partial charge on any atom is -0.493 e. The molecule has 2 aromatic rings. The zero-order valence-electron chi connectivity index (χ0n) is 13.3. The Hall–Kier alpha value is -1.88. The van der Waals surface area contributed by atoms with Crippen molar-refractivity contribution >= 4 is 17.2 Å². The van der Waals surface area contributed by atoms with Crippen LogP contribution in [0.2, 0.25) is 0 Å². The zero-order chi connectivity index (χ0) is 15.9. The van der Waals surface area contributed by atoms with Gasteiger partial charge in [-0.15, -0.1) is 11.3 Å². The highest BCUT2D eigenvalue weighted by Crippen LogP contribution is 2.14. The van der Waals surface area contributed by atoms with Crippen LogP contribution in [0.1, 0.15) is 30.1 Å². The second-order valence-corrected chi connectivity index (χ2v) is 6.72. The lowest BCUT2D eigenvalue weighted by molar-refractivity contribution is -0.120. The van der Waals surface area contributed by atoms with Crippen molar-refractivity contribution in [2.45, 2.75) is 33.7 Å². The zero-order valence-corrected chi connectivity index (χ0v) is 14.1. The van der Waals surface area contributed by atoms with E-state index in [4.69, 9.17) is 4.74 Å². The van der Waals surface area contributed by atoms with Crippen LogP contribution in [0.4, 0.5) is 0 Å². The fourth-order valence-electron chi connectivity index (χ4n) is 1.89. The Kier molecular flexibility index (Phi) is 5.95. The Labute approximate surface area is 135 Å². The normalized spacial score (nSPS) is 10.7. The molecule has 0 aliphatic carbocycles. The molecular formula is C17H22N2O2S. The van der Waals surface area contributed by atoms with Crippen LogP contribution in [0.3, 0.4) is 0 Å². The van der Waals surface area contributed by atoms with Gasteiger partial charge >= 0.3 is 0 Å². The van der Waals surface area contributed by atoms with Crippen LogP contribution in [-0.4, -0.2) is 17.5 Å². The van der Waals surface area contributed by atoms with E-state index in [0.29, 0.717) is 25.5 Å². The maximum absolute atomic E-state index is 11.9. The summed E-state index contributed by atoms with van der Waals surface area (Å²) in [6.07, 6.45) is 0.369. The summed E-state index contributed by atoms with van der Waals surface area (Å²) in [6, 6.07) is 7.69. The highest BCUT2D eigenvalue weighted by atomic mass is 32.1. The number of hydrogen-bond acceptors (Lipinski definition) is 4. The summed E-state index contributed by atoms with van der Waals surface area (Å²) in [4.78, 5) is 16.2. The first-order valence-corrected chi connectivity index (χ1v) is 8.30. The van der Waals surface area contributed by atoms with Crippen molar-refractivity contribution in [3.05, 3.63) is 45.9 Å². The minimum atomic E-state index is 0.00139. The molecule has 1 N–H and O–H groups in total. The number of thiazole rings is 1. The molecule has 0 unspecified atom stereocenters. The molecular weight excluding hydrogens is 296 g/mol. The quantitative estimate of drug-likeness (QED) is 0.852. The Morgan fingerprint density at radius 1 is 1.32 bits per heavy atom. The smallest absolute Gasteiger partial charge is 0.224 e. The highest BCUT2D eigenvalue weighted by Gasteiger charge is 2.05. The third kappa shape index (κ3) is 5.48. The standard InChI is InChI=1S/C17H22N2O2S/c1-12(2)10-21-16-6-4-14(5-7-16)8-17(20)18-9-15-11-22-13(3)19-15/h4-7,11-12H,8-10H2,1-3H3,(H,18,20). The van der Waals surface area contributed by atoms with Gasteiger partial charge in [-0.2, -0.15) is 0 Å². The molecule has 0 aliphatic rings. The molecule has 5 heteroatoms. The van der Waals surface area contributed by atoms with Gasteiger partial charge in [0, 0.05) is 5.38 Å². The lowest BCUT2D eigenvalue weighted by Crippen LogP contribution is -2.24. The second kappa shape index (κ2) is 7.94. The fourth-order valence-corrected chi connectivity index (χ4v) is 2.51. The van der Waals surface area contributed by atoms with E-state index in [0.717, 1.165) is 22.0 Å². The van der Waals surface area contributed by atoms with Crippen molar-refractivity contribution in [3.8, 4) is 5.75 Å². The van der Waals surface area contributed by atoms with Crippen LogP contribution >= 0.6 is 11.3 Å². The van der Waals surface area contributed by atoms with Gasteiger partial charge in [-0.1, -0.05) is 26.0 Å². The van der Waals surface area contributed by atoms with Crippen molar-refractivity contribution < 1.29 is 9.53 Å². The highest BCUT2D eigenvalue weighted by molar-refractivity contribution is 7.09. The summed E-state index contributed by atoms with van der Waals surface area (Å²) in [5.41, 5.74) is 1.89. The van der Waals surface area contributed by atoms with Gasteiger partial charge in [0.05, 0.1) is 30.3 Å². The lowest BCUT2D eigenvalue weighted by atomic mass is 10.1. The monoisotopic (exact) mass is 318 g/mol. The predicted octanol–water partition coefficient (Wildman–Crippen LogP) is 3.35. The maximum atomic E-state index is 11.9. The van der Waals surface area contributed by atoms with Crippen LogP contribution in [0.5, 0.6) is 5.75 Å². The second-order valence-electron chi connectivity index (χ2n) is 5.66. The van der Waals surface area contributed by atoms with Crippen LogP contribution in [0, 0.1) is 12.8 Å². The first-order chi connectivity index (χ1) is 10.5. The number of nitrogens with zero attached hydrogens (tertiary/aromatic N) is 1. The van der Waals surface area contributed by atoms with Crippen LogP contribution < -0.4 is 10.1 Å². The van der Waals surface area contributed by atoms with E-state index in [-0.39, 0.29) is 5.91 Å². The molecule has 22 heavy (non-hydrogen) atoms. The molecule has 4 nitrogen and oxygen atoms in total. The van der Waals surface area contributed by atoms with E-state index in [2.05, 4.69) is 24.1 Å². The van der Waals surface area contributed by atoms with E-state index in [1.54, 1.807) is 11.3 Å². The van der Waals surface area contributed by atoms with E-state index in [1.807, 2.05) is 36.6 Å². The molecule has 0 aliphatic heterocycles. The van der Waals surface area contributed by atoms with Gasteiger partial charge in [0.1, 0.15) is 5.75 Å². The first-order valence-electron chi connectivity index (χ1n) is 7.42. The number of benzene rings is 1. The molecule has 2 rings (SSSR count). The molecule has 0 saturated heterocycles. The largest absolute Gasteiger partial charge is 0.493 e. The van der Waals surface area contributed by atoms with Gasteiger partial charge in [0.2, 0.25) is 5.91 Å². The Bertz CT molecular complexity index is 605. The topological polar surface area (TPSA) is 51.2 Å². The number of amides is 1. The average Bonchev–Trinajstić information content (AvgIpc) is 2.90. The summed E-state index contributed by atoms with van der Waals surface area (Å²) in [5, 5.41) is 5.87. The third-order valence-electron chi connectivity index (χ3n) is 3.00. The molecule has 1 aromatic heterocycles. The lowest BCUT2D eigenvalue weighted by Gasteiger charge is -2.09. The van der Waals surface area contributed by atoms with E-state index in [1.165, 1.54) is 0 Å². The van der Waals surface area contributed by atoms with Crippen molar-refractivity contribution in [1.82, 2.24) is 10.3 Å². The van der Waals surface area contributed by atoms with Crippen LogP contribution in [-0.2, 0) is 17.8 Å². The molecule has 0 fully saturated rings. The van der Waals surface area contributed by atoms with Gasteiger partial charge in [0.15, 0.2) is 0 Å². The Balaban J connectivity index is 1.78. The number of carbonyl (C=O) groups excluding carboxylic acids is 1. The van der Waals surface area contributed by atoms with Gasteiger partial charge in [-0.05, 0) is 30.5 Å². The third-order valence-corrected chi connectivity index (χ3v) is 3.83. The molecule has 1 aromatic carbocycles. The summed E-state index contributed by atoms with van der Waals surface area (Å²) < 4.78 is 5.63. The number of ether oxygens (including phenoxy) is 1. The van der Waals surface area contributed by atoms with E-state index < -0.39 is 0 Å². The van der Waals surface area contributed by atoms with Gasteiger partial charge < -0.3 is 10.1 Å². The van der Waals surface area contributed by atoms with Gasteiger partial charge in [-0.3, -0.25) is 4.79 Å². The van der Waals surface area contributed by atoms with Crippen LogP contribution in [0.15, 0.2) is 29.6 Å². The average molecular weight is 318 g/mol. The maximum Gasteiger partial charge on any atom is 0.224 e. The SMILES string of the molecule is Cc1nc(CNC(=O)Cc2ccc(OCC(C)C)cc2)cs1. The summed E-state index contributed by atoms with van der Waals surface area (Å²) in [5.74, 6) is 1.34. The van der Waals surface area contributed by atoms with Crippen LogP contribution in [0.25, 0.3) is 0 Å². The van der Waals surface area contributed by atoms with E-state index in [9.17, 15) is 4.79 Å². The summed E-state index contributed by atoms with van der Waals surface area (Å²) >= 11 is 1.59. The predicted molar refractivity (Wildman–Crippen MR) is 89.2 cm³/mol. The Morgan fingerprint density at radius 2 is 2.05 bits per heavy atom. The molecule has 0 atom stereocenters. The molecule has 1 heterocycles. The number of hydrogen-bond donors (Lipinski definition) is 1. The van der Waals surface area contributed by atoms with Gasteiger partial charge in [-0.25, -0.2) is 4.98 Å².